The van der Waals surface area contributed by atoms with Crippen molar-refractivity contribution in [1.29, 1.82) is 0 Å². The second kappa shape index (κ2) is 6.83. The Hall–Kier alpha value is -2.21. The molecule has 1 aromatic heterocycles. The highest BCUT2D eigenvalue weighted by Crippen LogP contribution is 2.41. The molecule has 2 aromatic rings. The zero-order valence-corrected chi connectivity index (χ0v) is 14.6. The van der Waals surface area contributed by atoms with Crippen LogP contribution in [0.2, 0.25) is 0 Å². The van der Waals surface area contributed by atoms with E-state index in [1.807, 2.05) is 6.07 Å². The molecule has 2 fully saturated rings. The summed E-state index contributed by atoms with van der Waals surface area (Å²) >= 11 is 0. The number of hydrogen-bond donors (Lipinski definition) is 0. The maximum absolute atomic E-state index is 13.4. The lowest BCUT2D eigenvalue weighted by atomic mass is 9.77. The quantitative estimate of drug-likeness (QED) is 0.836. The van der Waals surface area contributed by atoms with Crippen LogP contribution in [0, 0.1) is 17.0 Å². The van der Waals surface area contributed by atoms with Gasteiger partial charge in [0.1, 0.15) is 0 Å². The molecule has 1 spiro atoms. The van der Waals surface area contributed by atoms with Gasteiger partial charge in [-0.3, -0.25) is 9.69 Å². The topological polar surface area (TPSA) is 36.7 Å². The van der Waals surface area contributed by atoms with Crippen molar-refractivity contribution in [3.63, 3.8) is 0 Å². The number of rotatable bonds is 4. The second-order valence-electron chi connectivity index (χ2n) is 7.58. The predicted molar refractivity (Wildman–Crippen MR) is 92.0 cm³/mol. The fourth-order valence-corrected chi connectivity index (χ4v) is 4.15. The van der Waals surface area contributed by atoms with Gasteiger partial charge in [-0.25, -0.2) is 8.78 Å². The lowest BCUT2D eigenvalue weighted by Gasteiger charge is -2.38. The van der Waals surface area contributed by atoms with Crippen molar-refractivity contribution in [2.75, 3.05) is 19.6 Å². The van der Waals surface area contributed by atoms with Gasteiger partial charge in [-0.15, -0.1) is 0 Å². The summed E-state index contributed by atoms with van der Waals surface area (Å²) in [7, 11) is 0. The Labute approximate surface area is 151 Å². The zero-order chi connectivity index (χ0) is 18.1. The predicted octanol–water partition coefficient (Wildman–Crippen LogP) is 3.57. The Balaban J connectivity index is 1.36. The fourth-order valence-electron chi connectivity index (χ4n) is 4.15. The van der Waals surface area contributed by atoms with Crippen molar-refractivity contribution in [3.05, 3.63) is 59.6 Å². The number of nitrogens with zero attached hydrogens (tertiary/aromatic N) is 2. The van der Waals surface area contributed by atoms with Gasteiger partial charge >= 0.3 is 0 Å². The molecule has 0 bridgehead atoms. The van der Waals surface area contributed by atoms with E-state index in [1.54, 1.807) is 23.5 Å². The Morgan fingerprint density at radius 3 is 2.54 bits per heavy atom. The third kappa shape index (κ3) is 3.51. The van der Waals surface area contributed by atoms with E-state index in [9.17, 15) is 13.6 Å². The van der Waals surface area contributed by atoms with Gasteiger partial charge in [0.15, 0.2) is 11.6 Å². The Kier molecular flexibility index (Phi) is 4.53. The Morgan fingerprint density at radius 1 is 1.04 bits per heavy atom. The number of furan rings is 1. The third-order valence-corrected chi connectivity index (χ3v) is 5.67. The second-order valence-corrected chi connectivity index (χ2v) is 7.58. The number of halogens is 2. The maximum atomic E-state index is 13.4. The molecule has 2 aliphatic heterocycles. The molecule has 1 aromatic carbocycles. The molecule has 0 N–H and O–H groups in total. The van der Waals surface area contributed by atoms with Crippen LogP contribution in [0.1, 0.15) is 30.4 Å². The van der Waals surface area contributed by atoms with Crippen LogP contribution in [0.3, 0.4) is 0 Å². The van der Waals surface area contributed by atoms with Gasteiger partial charge in [0.25, 0.3) is 0 Å². The molecular weight excluding hydrogens is 338 g/mol. The largest absolute Gasteiger partial charge is 0.472 e. The molecule has 2 saturated heterocycles. The molecular formula is C20H22F2N2O2. The fraction of sp³-hybridized carbons (Fsp3) is 0.450. The lowest BCUT2D eigenvalue weighted by molar-refractivity contribution is -0.128. The third-order valence-electron chi connectivity index (χ3n) is 5.67. The standard InChI is InChI=1S/C20H22F2N2O2/c21-17-2-1-15(9-18(17)22)12-24-14-20(10-19(24)25)4-6-23(7-5-20)11-16-3-8-26-13-16/h1-3,8-9,13H,4-7,10-12,14H2. The van der Waals surface area contributed by atoms with Gasteiger partial charge < -0.3 is 9.32 Å². The number of carbonyl (C=O) groups excluding carboxylic acids is 1. The van der Waals surface area contributed by atoms with Gasteiger partial charge in [0.2, 0.25) is 5.91 Å². The van der Waals surface area contributed by atoms with Crippen LogP contribution < -0.4 is 0 Å². The molecule has 0 unspecified atom stereocenters. The van der Waals surface area contributed by atoms with E-state index in [1.165, 1.54) is 11.6 Å². The van der Waals surface area contributed by atoms with Crippen molar-refractivity contribution < 1.29 is 18.0 Å². The minimum absolute atomic E-state index is 0.0164. The summed E-state index contributed by atoms with van der Waals surface area (Å²) in [6, 6.07) is 5.83. The molecule has 4 nitrogen and oxygen atoms in total. The highest BCUT2D eigenvalue weighted by atomic mass is 19.2. The molecule has 138 valence electrons. The Morgan fingerprint density at radius 2 is 1.85 bits per heavy atom. The van der Waals surface area contributed by atoms with Crippen molar-refractivity contribution in [3.8, 4) is 0 Å². The smallest absolute Gasteiger partial charge is 0.223 e. The van der Waals surface area contributed by atoms with E-state index in [0.29, 0.717) is 25.1 Å². The summed E-state index contributed by atoms with van der Waals surface area (Å²) in [4.78, 5) is 16.7. The minimum atomic E-state index is -0.864. The van der Waals surface area contributed by atoms with Crippen LogP contribution >= 0.6 is 0 Å². The number of amides is 1. The molecule has 6 heteroatoms. The highest BCUT2D eigenvalue weighted by molar-refractivity contribution is 5.79. The van der Waals surface area contributed by atoms with Crippen LogP contribution in [0.5, 0.6) is 0 Å². The highest BCUT2D eigenvalue weighted by Gasteiger charge is 2.44. The summed E-state index contributed by atoms with van der Waals surface area (Å²) in [5, 5.41) is 0. The van der Waals surface area contributed by atoms with Gasteiger partial charge in [-0.2, -0.15) is 0 Å². The molecule has 1 amide bonds. The normalized spacial score (nSPS) is 20.2. The van der Waals surface area contributed by atoms with Crippen LogP contribution in [0.4, 0.5) is 8.78 Å². The molecule has 0 aliphatic carbocycles. The monoisotopic (exact) mass is 360 g/mol. The minimum Gasteiger partial charge on any atom is -0.472 e. The van der Waals surface area contributed by atoms with Crippen molar-refractivity contribution in [2.45, 2.75) is 32.4 Å². The summed E-state index contributed by atoms with van der Waals surface area (Å²) in [6.45, 7) is 3.83. The van der Waals surface area contributed by atoms with Gasteiger partial charge in [-0.05, 0) is 55.1 Å². The van der Waals surface area contributed by atoms with E-state index in [4.69, 9.17) is 4.42 Å². The van der Waals surface area contributed by atoms with Gasteiger partial charge in [-0.1, -0.05) is 6.07 Å². The molecule has 2 aliphatic rings. The van der Waals surface area contributed by atoms with Crippen molar-refractivity contribution >= 4 is 5.91 Å². The first-order chi connectivity index (χ1) is 12.5. The first-order valence-electron chi connectivity index (χ1n) is 8.98. The average molecular weight is 360 g/mol. The summed E-state index contributed by atoms with van der Waals surface area (Å²) in [5.74, 6) is -1.61. The number of piperidine rings is 1. The van der Waals surface area contributed by atoms with Crippen LogP contribution in [0.25, 0.3) is 0 Å². The SMILES string of the molecule is O=C1CC2(CCN(Cc3ccoc3)CC2)CN1Cc1ccc(F)c(F)c1. The van der Waals surface area contributed by atoms with E-state index in [2.05, 4.69) is 4.90 Å². The molecule has 0 radical (unpaired) electrons. The first kappa shape index (κ1) is 17.2. The average Bonchev–Trinajstić information content (AvgIpc) is 3.22. The zero-order valence-electron chi connectivity index (χ0n) is 14.6. The van der Waals surface area contributed by atoms with Crippen LogP contribution in [0.15, 0.2) is 41.2 Å². The summed E-state index contributed by atoms with van der Waals surface area (Å²) in [6.07, 6.45) is 5.96. The van der Waals surface area contributed by atoms with E-state index < -0.39 is 11.6 Å². The van der Waals surface area contributed by atoms with E-state index in [-0.39, 0.29) is 11.3 Å². The van der Waals surface area contributed by atoms with Crippen molar-refractivity contribution in [1.82, 2.24) is 9.80 Å². The Bertz CT molecular complexity index is 783. The number of hydrogen-bond acceptors (Lipinski definition) is 3. The van der Waals surface area contributed by atoms with Crippen LogP contribution in [-0.4, -0.2) is 35.3 Å². The molecule has 0 atom stereocenters. The number of carbonyl (C=O) groups is 1. The molecule has 26 heavy (non-hydrogen) atoms. The summed E-state index contributed by atoms with van der Waals surface area (Å²) < 4.78 is 31.6. The van der Waals surface area contributed by atoms with Gasteiger partial charge in [0, 0.05) is 31.6 Å². The maximum Gasteiger partial charge on any atom is 0.223 e. The van der Waals surface area contributed by atoms with Crippen LogP contribution in [-0.2, 0) is 17.9 Å². The van der Waals surface area contributed by atoms with E-state index in [0.717, 1.165) is 38.5 Å². The first-order valence-corrected chi connectivity index (χ1v) is 8.98. The molecule has 0 saturated carbocycles. The molecule has 3 heterocycles. The lowest BCUT2D eigenvalue weighted by Crippen LogP contribution is -2.41. The summed E-state index contributed by atoms with van der Waals surface area (Å²) in [5.41, 5.74) is 1.82. The van der Waals surface area contributed by atoms with Gasteiger partial charge in [0.05, 0.1) is 12.5 Å². The number of likely N-dealkylation sites (tertiary alicyclic amines) is 2. The van der Waals surface area contributed by atoms with Crippen molar-refractivity contribution in [2.24, 2.45) is 5.41 Å². The van der Waals surface area contributed by atoms with E-state index >= 15 is 0 Å². The number of benzene rings is 1. The molecule has 4 rings (SSSR count).